The first-order chi connectivity index (χ1) is 12.3. The third kappa shape index (κ3) is 5.18. The van der Waals surface area contributed by atoms with E-state index in [0.717, 1.165) is 16.2 Å². The maximum Gasteiger partial charge on any atom is 0.416 e. The van der Waals surface area contributed by atoms with E-state index in [1.807, 2.05) is 0 Å². The molecule has 0 fully saturated rings. The minimum atomic E-state index is -5.07. The molecule has 2 N–H and O–H groups in total. The molecule has 1 heterocycles. The summed E-state index contributed by atoms with van der Waals surface area (Å²) in [5.41, 5.74) is -3.44. The van der Waals surface area contributed by atoms with Gasteiger partial charge in [0.2, 0.25) is 0 Å². The summed E-state index contributed by atoms with van der Waals surface area (Å²) in [7, 11) is 0. The molecule has 0 saturated carbocycles. The molecule has 5 nitrogen and oxygen atoms in total. The number of hydrogen-bond donors (Lipinski definition) is 2. The van der Waals surface area contributed by atoms with E-state index in [0.29, 0.717) is 17.8 Å². The molecule has 0 unspecified atom stereocenters. The molecule has 2 rings (SSSR count). The zero-order valence-corrected chi connectivity index (χ0v) is 14.5. The van der Waals surface area contributed by atoms with Gasteiger partial charge in [-0.05, 0) is 32.0 Å². The van der Waals surface area contributed by atoms with Crippen LogP contribution in [-0.2, 0) is 21.9 Å². The van der Waals surface area contributed by atoms with Crippen molar-refractivity contribution in [3.8, 4) is 0 Å². The molecule has 0 aliphatic rings. The number of nitrogens with one attached hydrogen (secondary N) is 2. The molecule has 0 spiro atoms. The van der Waals surface area contributed by atoms with Crippen molar-refractivity contribution >= 4 is 34.0 Å². The zero-order chi connectivity index (χ0) is 20.6. The highest BCUT2D eigenvalue weighted by molar-refractivity contribution is 7.15. The Kier molecular flexibility index (Phi) is 5.50. The Morgan fingerprint density at radius 2 is 1.37 bits per heavy atom. The van der Waals surface area contributed by atoms with Crippen LogP contribution in [-0.4, -0.2) is 16.8 Å². The standard InChI is InChI=1S/C15H11F6N3O2S/c1-6-7(2)27-13(22-6)24-12(26)11(25)23-10-4-8(14(16,17)18)3-9(5-10)15(19,20)21/h3-5H,1-2H3,(H,23,25)(H,22,24,26). The molecule has 0 saturated heterocycles. The Hall–Kier alpha value is -2.63. The predicted octanol–water partition coefficient (Wildman–Crippen LogP) is 4.37. The van der Waals surface area contributed by atoms with Crippen molar-refractivity contribution in [3.05, 3.63) is 39.9 Å². The maximum atomic E-state index is 12.8. The van der Waals surface area contributed by atoms with Crippen LogP contribution in [0.1, 0.15) is 21.7 Å². The summed E-state index contributed by atoms with van der Waals surface area (Å²) < 4.78 is 76.8. The van der Waals surface area contributed by atoms with Gasteiger partial charge in [0, 0.05) is 10.6 Å². The van der Waals surface area contributed by atoms with E-state index in [1.54, 1.807) is 19.2 Å². The van der Waals surface area contributed by atoms with Gasteiger partial charge in [-0.15, -0.1) is 11.3 Å². The summed E-state index contributed by atoms with van der Waals surface area (Å²) in [6.45, 7) is 3.37. The van der Waals surface area contributed by atoms with Gasteiger partial charge in [-0.1, -0.05) is 0 Å². The lowest BCUT2D eigenvalue weighted by atomic mass is 10.1. The van der Waals surface area contributed by atoms with Gasteiger partial charge in [-0.2, -0.15) is 26.3 Å². The molecule has 0 aliphatic heterocycles. The minimum Gasteiger partial charge on any atom is -0.318 e. The minimum absolute atomic E-state index is 0.0742. The highest BCUT2D eigenvalue weighted by atomic mass is 32.1. The number of amides is 2. The lowest BCUT2D eigenvalue weighted by molar-refractivity contribution is -0.143. The van der Waals surface area contributed by atoms with Gasteiger partial charge in [0.25, 0.3) is 0 Å². The molecular formula is C15H11F6N3O2S. The van der Waals surface area contributed by atoms with E-state index in [1.165, 1.54) is 0 Å². The van der Waals surface area contributed by atoms with Crippen molar-refractivity contribution < 1.29 is 35.9 Å². The molecule has 0 aliphatic carbocycles. The number of halogens is 6. The van der Waals surface area contributed by atoms with Crippen LogP contribution in [0.5, 0.6) is 0 Å². The van der Waals surface area contributed by atoms with Crippen LogP contribution in [0, 0.1) is 13.8 Å². The summed E-state index contributed by atoms with van der Waals surface area (Å²) in [5.74, 6) is -2.72. The van der Waals surface area contributed by atoms with E-state index in [-0.39, 0.29) is 11.2 Å². The molecule has 1 aromatic carbocycles. The molecule has 0 bridgehead atoms. The lowest BCUT2D eigenvalue weighted by Crippen LogP contribution is -2.29. The van der Waals surface area contributed by atoms with Crippen molar-refractivity contribution in [2.45, 2.75) is 26.2 Å². The topological polar surface area (TPSA) is 71.1 Å². The first kappa shape index (κ1) is 20.7. The Morgan fingerprint density at radius 1 is 0.889 bits per heavy atom. The molecule has 27 heavy (non-hydrogen) atoms. The van der Waals surface area contributed by atoms with Gasteiger partial charge < -0.3 is 5.32 Å². The van der Waals surface area contributed by atoms with Crippen molar-refractivity contribution in [2.24, 2.45) is 0 Å². The second-order valence-electron chi connectivity index (χ2n) is 5.36. The Labute approximate surface area is 152 Å². The molecule has 12 heteroatoms. The van der Waals surface area contributed by atoms with Crippen LogP contribution in [0.3, 0.4) is 0 Å². The van der Waals surface area contributed by atoms with E-state index in [4.69, 9.17) is 0 Å². The fourth-order valence-corrected chi connectivity index (χ4v) is 2.70. The first-order valence-corrected chi connectivity index (χ1v) is 7.95. The van der Waals surface area contributed by atoms with Crippen LogP contribution in [0.15, 0.2) is 18.2 Å². The number of benzene rings is 1. The normalized spacial score (nSPS) is 12.0. The molecule has 0 atom stereocenters. The number of aromatic nitrogens is 1. The number of thiazole rings is 1. The quantitative estimate of drug-likeness (QED) is 0.569. The molecule has 2 aromatic rings. The smallest absolute Gasteiger partial charge is 0.318 e. The van der Waals surface area contributed by atoms with Crippen molar-refractivity contribution in [1.82, 2.24) is 4.98 Å². The zero-order valence-electron chi connectivity index (χ0n) is 13.7. The van der Waals surface area contributed by atoms with Gasteiger partial charge in [0.15, 0.2) is 5.13 Å². The number of alkyl halides is 6. The highest BCUT2D eigenvalue weighted by Crippen LogP contribution is 2.37. The summed E-state index contributed by atoms with van der Waals surface area (Å²) in [6.07, 6.45) is -10.1. The van der Waals surface area contributed by atoms with E-state index in [2.05, 4.69) is 10.3 Å². The fraction of sp³-hybridized carbons (Fsp3) is 0.267. The van der Waals surface area contributed by atoms with Crippen molar-refractivity contribution in [2.75, 3.05) is 10.6 Å². The van der Waals surface area contributed by atoms with Crippen LogP contribution in [0.2, 0.25) is 0 Å². The van der Waals surface area contributed by atoms with E-state index >= 15 is 0 Å². The molecular weight excluding hydrogens is 400 g/mol. The average molecular weight is 411 g/mol. The average Bonchev–Trinajstić information content (AvgIpc) is 2.83. The second kappa shape index (κ2) is 7.18. The number of aryl methyl sites for hydroxylation is 2. The van der Waals surface area contributed by atoms with E-state index in [9.17, 15) is 35.9 Å². The molecule has 0 radical (unpaired) electrons. The lowest BCUT2D eigenvalue weighted by Gasteiger charge is -2.14. The van der Waals surface area contributed by atoms with Gasteiger partial charge >= 0.3 is 24.2 Å². The van der Waals surface area contributed by atoms with Crippen LogP contribution in [0.4, 0.5) is 37.2 Å². The van der Waals surface area contributed by atoms with Gasteiger partial charge in [-0.25, -0.2) is 4.98 Å². The fourth-order valence-electron chi connectivity index (χ4n) is 1.90. The maximum absolute atomic E-state index is 12.8. The third-order valence-electron chi connectivity index (χ3n) is 3.30. The monoisotopic (exact) mass is 411 g/mol. The number of hydrogen-bond acceptors (Lipinski definition) is 4. The SMILES string of the molecule is Cc1nc(NC(=O)C(=O)Nc2cc(C(F)(F)F)cc(C(F)(F)F)c2)sc1C. The van der Waals surface area contributed by atoms with Gasteiger partial charge in [-0.3, -0.25) is 14.9 Å². The van der Waals surface area contributed by atoms with Crippen LogP contribution in [0.25, 0.3) is 0 Å². The number of rotatable bonds is 2. The van der Waals surface area contributed by atoms with Gasteiger partial charge in [0.05, 0.1) is 16.8 Å². The van der Waals surface area contributed by atoms with Crippen molar-refractivity contribution in [3.63, 3.8) is 0 Å². The number of nitrogens with zero attached hydrogens (tertiary/aromatic N) is 1. The summed E-state index contributed by atoms with van der Waals surface area (Å²) in [5, 5.41) is 3.93. The number of anilines is 2. The van der Waals surface area contributed by atoms with Crippen molar-refractivity contribution in [1.29, 1.82) is 0 Å². The summed E-state index contributed by atoms with van der Waals surface area (Å²) in [6, 6.07) is 0.521. The second-order valence-corrected chi connectivity index (χ2v) is 6.57. The Balaban J connectivity index is 2.24. The molecule has 1 aromatic heterocycles. The largest absolute Gasteiger partial charge is 0.416 e. The summed E-state index contributed by atoms with van der Waals surface area (Å²) >= 11 is 1.06. The van der Waals surface area contributed by atoms with Gasteiger partial charge in [0.1, 0.15) is 0 Å². The molecule has 2 amide bonds. The Bertz CT molecular complexity index is 837. The third-order valence-corrected chi connectivity index (χ3v) is 4.29. The van der Waals surface area contributed by atoms with Crippen LogP contribution < -0.4 is 10.6 Å². The molecule has 146 valence electrons. The Morgan fingerprint density at radius 3 is 1.78 bits per heavy atom. The highest BCUT2D eigenvalue weighted by Gasteiger charge is 2.37. The predicted molar refractivity (Wildman–Crippen MR) is 85.3 cm³/mol. The number of carbonyl (C=O) groups excluding carboxylic acids is 2. The van der Waals surface area contributed by atoms with E-state index < -0.39 is 41.0 Å². The first-order valence-electron chi connectivity index (χ1n) is 7.13. The van der Waals surface area contributed by atoms with Crippen LogP contribution >= 0.6 is 11.3 Å². The number of carbonyl (C=O) groups is 2. The summed E-state index contributed by atoms with van der Waals surface area (Å²) in [4.78, 5) is 28.3.